The van der Waals surface area contributed by atoms with Gasteiger partial charge in [0.2, 0.25) is 0 Å². The van der Waals surface area contributed by atoms with Crippen LogP contribution in [0.3, 0.4) is 0 Å². The Morgan fingerprint density at radius 3 is 2.04 bits per heavy atom. The second-order valence-electron chi connectivity index (χ2n) is 18.5. The van der Waals surface area contributed by atoms with Gasteiger partial charge in [-0.25, -0.2) is 0 Å². The van der Waals surface area contributed by atoms with E-state index in [1.165, 1.54) is 31.3 Å². The molecule has 0 aromatic heterocycles. The number of aldehydes is 2. The molecule has 3 saturated carbocycles. The maximum Gasteiger partial charge on any atom is 0.157 e. The summed E-state index contributed by atoms with van der Waals surface area (Å²) in [5, 5.41) is 12.9. The van der Waals surface area contributed by atoms with Crippen LogP contribution in [0.25, 0.3) is 0 Å². The van der Waals surface area contributed by atoms with Crippen LogP contribution in [0.1, 0.15) is 123 Å². The summed E-state index contributed by atoms with van der Waals surface area (Å²) in [5.74, 6) is 1.47. The minimum absolute atomic E-state index is 0.0266. The average molecular weight is 723 g/mol. The normalized spacial score (nSPS) is 35.0. The second kappa shape index (κ2) is 13.6. The number of hydrogen-bond acceptors (Lipinski definition) is 7. The van der Waals surface area contributed by atoms with Gasteiger partial charge in [0.25, 0.3) is 0 Å². The number of carbonyl (C=O) groups excluding carboxylic acids is 2. The first kappa shape index (κ1) is 36.9. The molecule has 6 aliphatic rings. The van der Waals surface area contributed by atoms with E-state index >= 15 is 0 Å². The third-order valence-corrected chi connectivity index (χ3v) is 16.5. The topological polar surface area (TPSA) is 79.3 Å². The number of carbonyl (C=O) groups is 2. The molecule has 0 bridgehead atoms. The zero-order chi connectivity index (χ0) is 37.3. The lowest BCUT2D eigenvalue weighted by Gasteiger charge is -2.49. The van der Waals surface area contributed by atoms with Crippen LogP contribution in [-0.2, 0) is 0 Å². The van der Waals surface area contributed by atoms with Gasteiger partial charge in [0.1, 0.15) is 24.7 Å². The zero-order valence-corrected chi connectivity index (χ0v) is 33.1. The summed E-state index contributed by atoms with van der Waals surface area (Å²) < 4.78 is 13.3. The molecule has 1 N–H and O–H groups in total. The van der Waals surface area contributed by atoms with Gasteiger partial charge in [-0.2, -0.15) is 0 Å². The number of benzene rings is 2. The van der Waals surface area contributed by atoms with Gasteiger partial charge < -0.3 is 14.6 Å². The molecule has 0 amide bonds. The number of fused-ring (bicyclic) bond motifs is 5. The van der Waals surface area contributed by atoms with Crippen molar-refractivity contribution in [2.75, 3.05) is 52.5 Å². The maximum atomic E-state index is 13.3. The second-order valence-corrected chi connectivity index (χ2v) is 18.5. The van der Waals surface area contributed by atoms with E-state index in [0.717, 1.165) is 87.8 Å². The van der Waals surface area contributed by atoms with E-state index in [4.69, 9.17) is 9.47 Å². The van der Waals surface area contributed by atoms with Crippen molar-refractivity contribution in [1.29, 1.82) is 0 Å². The van der Waals surface area contributed by atoms with Gasteiger partial charge in [0, 0.05) is 30.5 Å². The molecular weight excluding hydrogens is 661 g/mol. The summed E-state index contributed by atoms with van der Waals surface area (Å²) in [6.07, 6.45) is 11.9. The molecule has 2 saturated heterocycles. The zero-order valence-electron chi connectivity index (χ0n) is 33.1. The van der Waals surface area contributed by atoms with Crippen molar-refractivity contribution in [3.8, 4) is 11.5 Å². The van der Waals surface area contributed by atoms with Crippen molar-refractivity contribution in [1.82, 2.24) is 9.80 Å². The van der Waals surface area contributed by atoms with Crippen molar-refractivity contribution in [3.05, 3.63) is 69.8 Å². The van der Waals surface area contributed by atoms with Crippen LogP contribution in [0.4, 0.5) is 0 Å². The fourth-order valence-electron chi connectivity index (χ4n) is 12.7. The van der Waals surface area contributed by atoms with Crippen molar-refractivity contribution >= 4 is 12.6 Å². The van der Waals surface area contributed by atoms with E-state index in [2.05, 4.69) is 74.8 Å². The first-order valence-electron chi connectivity index (χ1n) is 20.7. The third kappa shape index (κ3) is 5.44. The molecule has 2 aliphatic heterocycles. The van der Waals surface area contributed by atoms with Gasteiger partial charge in [0.15, 0.2) is 12.6 Å². The van der Waals surface area contributed by atoms with E-state index in [1.54, 1.807) is 0 Å². The van der Waals surface area contributed by atoms with Gasteiger partial charge in [-0.05, 0) is 123 Å². The maximum absolute atomic E-state index is 13.3. The fourth-order valence-corrected chi connectivity index (χ4v) is 12.7. The highest BCUT2D eigenvalue weighted by molar-refractivity contribution is 5.94. The molecule has 53 heavy (non-hydrogen) atoms. The Morgan fingerprint density at radius 1 is 0.868 bits per heavy atom. The Labute approximate surface area is 317 Å². The fraction of sp³-hybridized carbons (Fsp3) is 0.652. The molecule has 2 heterocycles. The highest BCUT2D eigenvalue weighted by atomic mass is 16.5. The van der Waals surface area contributed by atoms with E-state index in [1.807, 2.05) is 13.0 Å². The van der Waals surface area contributed by atoms with Crippen molar-refractivity contribution < 1.29 is 24.2 Å². The van der Waals surface area contributed by atoms with Crippen molar-refractivity contribution in [2.45, 2.75) is 98.0 Å². The SMILES string of the molecule is Cc1c(C=O)c(OCCN2CCCC2)c(C=O)c(OCCN2CCCC2)c1[C@H](c1ccccc1)[C@H]1C[C@@H]2C1=C[C@@]1(O)[C@@H]2[C@]2(C)C(C)(C)C2(C)CC[C@@H]1C. The van der Waals surface area contributed by atoms with Gasteiger partial charge in [-0.15, -0.1) is 0 Å². The minimum atomic E-state index is -0.866. The standard InChI is InChI=1S/C46H62N2O5/c1-30-16-17-44(5)43(3,4)45(44,6)42-34-26-33(35(34)27-46(30,42)51)39(32-14-8-7-9-15-32)38-31(2)36(28-49)40(52-24-22-47-18-10-11-19-47)37(29-50)41(38)53-25-23-48-20-12-13-21-48/h7-9,14-15,27-30,33-34,39,42,51H,10-13,16-26H2,1-6H3/t30-,33-,34+,39+,42-,44?,45+,46-/m0/s1. The smallest absolute Gasteiger partial charge is 0.157 e. The predicted octanol–water partition coefficient (Wildman–Crippen LogP) is 8.11. The number of allylic oxidation sites excluding steroid dienone is 1. The molecule has 286 valence electrons. The van der Waals surface area contributed by atoms with E-state index in [-0.39, 0.29) is 39.9 Å². The Kier molecular flexibility index (Phi) is 9.50. The Morgan fingerprint density at radius 2 is 1.45 bits per heavy atom. The van der Waals surface area contributed by atoms with Gasteiger partial charge in [-0.1, -0.05) is 76.6 Å². The monoisotopic (exact) mass is 722 g/mol. The van der Waals surface area contributed by atoms with E-state index in [0.29, 0.717) is 41.8 Å². The predicted molar refractivity (Wildman–Crippen MR) is 209 cm³/mol. The number of rotatable bonds is 13. The molecule has 8 atom stereocenters. The lowest BCUT2D eigenvalue weighted by Crippen LogP contribution is -2.48. The molecular formula is C46H62N2O5. The Bertz CT molecular complexity index is 1760. The first-order chi connectivity index (χ1) is 25.4. The minimum Gasteiger partial charge on any atom is -0.491 e. The molecule has 4 aliphatic carbocycles. The summed E-state index contributed by atoms with van der Waals surface area (Å²) in [4.78, 5) is 31.3. The van der Waals surface area contributed by atoms with Crippen LogP contribution in [0.15, 0.2) is 42.0 Å². The molecule has 7 nitrogen and oxygen atoms in total. The number of aliphatic hydroxyl groups is 1. The van der Waals surface area contributed by atoms with E-state index < -0.39 is 5.60 Å². The summed E-state index contributed by atoms with van der Waals surface area (Å²) in [7, 11) is 0. The van der Waals surface area contributed by atoms with Crippen LogP contribution in [0, 0.1) is 46.8 Å². The summed E-state index contributed by atoms with van der Waals surface area (Å²) in [5.41, 5.74) is 4.48. The van der Waals surface area contributed by atoms with E-state index in [9.17, 15) is 14.7 Å². The van der Waals surface area contributed by atoms with Crippen molar-refractivity contribution in [3.63, 3.8) is 0 Å². The van der Waals surface area contributed by atoms with Crippen LogP contribution < -0.4 is 9.47 Å². The molecule has 7 heteroatoms. The van der Waals surface area contributed by atoms with Gasteiger partial charge in [-0.3, -0.25) is 19.4 Å². The van der Waals surface area contributed by atoms with Crippen LogP contribution in [-0.4, -0.2) is 85.6 Å². The Balaban J connectivity index is 1.23. The highest BCUT2D eigenvalue weighted by Gasteiger charge is 2.84. The largest absolute Gasteiger partial charge is 0.491 e. The molecule has 0 spiro atoms. The Hall–Kier alpha value is -3.00. The summed E-state index contributed by atoms with van der Waals surface area (Å²) in [6, 6.07) is 10.6. The number of ether oxygens (including phenoxy) is 2. The van der Waals surface area contributed by atoms with Crippen LogP contribution in [0.5, 0.6) is 11.5 Å². The summed E-state index contributed by atoms with van der Waals surface area (Å²) >= 11 is 0. The lowest BCUT2D eigenvalue weighted by atomic mass is 9.55. The van der Waals surface area contributed by atoms with Gasteiger partial charge >= 0.3 is 0 Å². The lowest BCUT2D eigenvalue weighted by molar-refractivity contribution is -0.0661. The number of hydrogen-bond donors (Lipinski definition) is 1. The highest BCUT2D eigenvalue weighted by Crippen LogP contribution is 2.88. The van der Waals surface area contributed by atoms with Crippen LogP contribution in [0.2, 0.25) is 0 Å². The molecule has 2 aromatic carbocycles. The molecule has 2 aromatic rings. The molecule has 8 rings (SSSR count). The average Bonchev–Trinajstić information content (AvgIpc) is 3.80. The van der Waals surface area contributed by atoms with Crippen LogP contribution >= 0.6 is 0 Å². The number of likely N-dealkylation sites (tertiary alicyclic amines) is 2. The van der Waals surface area contributed by atoms with Crippen molar-refractivity contribution in [2.24, 2.45) is 39.9 Å². The summed E-state index contributed by atoms with van der Waals surface area (Å²) in [6.45, 7) is 20.7. The molecule has 1 unspecified atom stereocenters. The van der Waals surface area contributed by atoms with Gasteiger partial charge in [0.05, 0.1) is 16.7 Å². The number of nitrogens with zero attached hydrogens (tertiary/aromatic N) is 2. The molecule has 0 radical (unpaired) electrons. The quantitative estimate of drug-likeness (QED) is 0.165. The molecule has 5 fully saturated rings. The first-order valence-corrected chi connectivity index (χ1v) is 20.7. The third-order valence-electron chi connectivity index (χ3n) is 16.5.